The van der Waals surface area contributed by atoms with Crippen molar-refractivity contribution in [1.82, 2.24) is 4.98 Å². The highest BCUT2D eigenvalue weighted by Gasteiger charge is 2.13. The van der Waals surface area contributed by atoms with E-state index >= 15 is 0 Å². The van der Waals surface area contributed by atoms with Crippen LogP contribution in [-0.2, 0) is 0 Å². The molecule has 4 nitrogen and oxygen atoms in total. The van der Waals surface area contributed by atoms with Crippen LogP contribution < -0.4 is 4.74 Å². The van der Waals surface area contributed by atoms with Crippen LogP contribution in [0.3, 0.4) is 0 Å². The van der Waals surface area contributed by atoms with Crippen LogP contribution in [0.25, 0.3) is 0 Å². The molecule has 1 heterocycles. The van der Waals surface area contributed by atoms with Crippen molar-refractivity contribution in [3.8, 4) is 11.5 Å². The van der Waals surface area contributed by atoms with E-state index in [1.54, 1.807) is 30.3 Å². The Bertz CT molecular complexity index is 599. The van der Waals surface area contributed by atoms with Gasteiger partial charge in [0.05, 0.1) is 0 Å². The van der Waals surface area contributed by atoms with Crippen molar-refractivity contribution in [2.45, 2.75) is 6.92 Å². The molecule has 5 heteroatoms. The number of carboxylic acid groups (broad SMARTS) is 1. The second-order valence-electron chi connectivity index (χ2n) is 3.67. The highest BCUT2D eigenvalue weighted by molar-refractivity contribution is 6.30. The predicted molar refractivity (Wildman–Crippen MR) is 67.5 cm³/mol. The monoisotopic (exact) mass is 263 g/mol. The fourth-order valence-corrected chi connectivity index (χ4v) is 1.71. The number of hydrogen-bond acceptors (Lipinski definition) is 3. The Balaban J connectivity index is 2.37. The van der Waals surface area contributed by atoms with Crippen molar-refractivity contribution in [2.75, 3.05) is 0 Å². The van der Waals surface area contributed by atoms with Crippen LogP contribution >= 0.6 is 11.6 Å². The molecule has 0 fully saturated rings. The molecule has 0 radical (unpaired) electrons. The minimum atomic E-state index is -1.13. The highest BCUT2D eigenvalue weighted by atomic mass is 35.5. The Kier molecular flexibility index (Phi) is 3.48. The lowest BCUT2D eigenvalue weighted by Gasteiger charge is -2.10. The number of benzene rings is 1. The number of aromatic carboxylic acids is 1. The Morgan fingerprint density at radius 3 is 2.78 bits per heavy atom. The Hall–Kier alpha value is -2.07. The lowest BCUT2D eigenvalue weighted by molar-refractivity contribution is 0.0687. The summed E-state index contributed by atoms with van der Waals surface area (Å²) >= 11 is 5.84. The maximum atomic E-state index is 11.0. The lowest BCUT2D eigenvalue weighted by atomic mass is 10.2. The number of ether oxygens (including phenoxy) is 1. The van der Waals surface area contributed by atoms with E-state index in [0.29, 0.717) is 10.8 Å². The molecule has 0 aliphatic carbocycles. The zero-order valence-corrected chi connectivity index (χ0v) is 10.3. The van der Waals surface area contributed by atoms with E-state index in [1.165, 1.54) is 6.20 Å². The minimum absolute atomic E-state index is 0.119. The maximum Gasteiger partial charge on any atom is 0.358 e. The number of rotatable bonds is 3. The van der Waals surface area contributed by atoms with Crippen LogP contribution in [0.15, 0.2) is 36.5 Å². The van der Waals surface area contributed by atoms with E-state index in [4.69, 9.17) is 21.4 Å². The first-order valence-corrected chi connectivity index (χ1v) is 5.58. The summed E-state index contributed by atoms with van der Waals surface area (Å²) in [6.07, 6.45) is 1.41. The largest absolute Gasteiger partial charge is 0.476 e. The fourth-order valence-electron chi connectivity index (χ4n) is 1.48. The van der Waals surface area contributed by atoms with Crippen molar-refractivity contribution in [3.63, 3.8) is 0 Å². The van der Waals surface area contributed by atoms with Gasteiger partial charge in [-0.3, -0.25) is 0 Å². The van der Waals surface area contributed by atoms with E-state index in [9.17, 15) is 4.79 Å². The van der Waals surface area contributed by atoms with Gasteiger partial charge in [0.25, 0.3) is 0 Å². The number of nitrogens with zero attached hydrogens (tertiary/aromatic N) is 1. The van der Waals surface area contributed by atoms with Crippen LogP contribution in [0, 0.1) is 6.92 Å². The van der Waals surface area contributed by atoms with Gasteiger partial charge in [0.2, 0.25) is 0 Å². The topological polar surface area (TPSA) is 59.4 Å². The number of pyridine rings is 1. The molecule has 0 amide bonds. The maximum absolute atomic E-state index is 11.0. The molecule has 18 heavy (non-hydrogen) atoms. The smallest absolute Gasteiger partial charge is 0.358 e. The number of halogens is 1. The summed E-state index contributed by atoms with van der Waals surface area (Å²) in [6.45, 7) is 1.83. The molecule has 2 rings (SSSR count). The number of hydrogen-bond donors (Lipinski definition) is 1. The van der Waals surface area contributed by atoms with Gasteiger partial charge >= 0.3 is 5.97 Å². The first kappa shape index (κ1) is 12.4. The van der Waals surface area contributed by atoms with E-state index in [0.717, 1.165) is 5.56 Å². The molecule has 0 spiro atoms. The van der Waals surface area contributed by atoms with E-state index < -0.39 is 5.97 Å². The second kappa shape index (κ2) is 5.06. The fraction of sp³-hybridized carbons (Fsp3) is 0.0769. The van der Waals surface area contributed by atoms with Crippen molar-refractivity contribution >= 4 is 17.6 Å². The van der Waals surface area contributed by atoms with Gasteiger partial charge in [-0.2, -0.15) is 0 Å². The highest BCUT2D eigenvalue weighted by Crippen LogP contribution is 2.28. The van der Waals surface area contributed by atoms with Gasteiger partial charge in [-0.05, 0) is 42.8 Å². The average molecular weight is 264 g/mol. The zero-order valence-electron chi connectivity index (χ0n) is 9.55. The number of carbonyl (C=O) groups is 1. The average Bonchev–Trinajstić information content (AvgIpc) is 2.33. The third-order valence-electron chi connectivity index (χ3n) is 2.33. The summed E-state index contributed by atoms with van der Waals surface area (Å²) in [5.74, 6) is -0.373. The minimum Gasteiger partial charge on any atom is -0.476 e. The molecule has 0 unspecified atom stereocenters. The Morgan fingerprint density at radius 1 is 1.33 bits per heavy atom. The molecular formula is C13H10ClNO3. The molecule has 0 saturated heterocycles. The van der Waals surface area contributed by atoms with Gasteiger partial charge in [0.1, 0.15) is 5.75 Å². The van der Waals surface area contributed by atoms with Crippen LogP contribution in [0.4, 0.5) is 0 Å². The molecule has 0 atom stereocenters. The second-order valence-corrected chi connectivity index (χ2v) is 4.10. The SMILES string of the molecule is Cc1cc(Cl)ccc1Oc1cccnc1C(=O)O. The van der Waals surface area contributed by atoms with Gasteiger partial charge in [-0.1, -0.05) is 11.6 Å². The summed E-state index contributed by atoms with van der Waals surface area (Å²) in [4.78, 5) is 14.8. The number of carboxylic acids is 1. The van der Waals surface area contributed by atoms with Crippen molar-refractivity contribution in [2.24, 2.45) is 0 Å². The molecule has 0 saturated carbocycles. The predicted octanol–water partition coefficient (Wildman–Crippen LogP) is 3.53. The van der Waals surface area contributed by atoms with Crippen molar-refractivity contribution in [3.05, 3.63) is 52.8 Å². The quantitative estimate of drug-likeness (QED) is 0.920. The van der Waals surface area contributed by atoms with E-state index in [2.05, 4.69) is 4.98 Å². The Morgan fingerprint density at radius 2 is 2.11 bits per heavy atom. The molecule has 0 aliphatic heterocycles. The summed E-state index contributed by atoms with van der Waals surface area (Å²) in [5, 5.41) is 9.59. The van der Waals surface area contributed by atoms with Crippen molar-refractivity contribution in [1.29, 1.82) is 0 Å². The molecule has 92 valence electrons. The van der Waals surface area contributed by atoms with Crippen LogP contribution in [0.2, 0.25) is 5.02 Å². The summed E-state index contributed by atoms with van der Waals surface area (Å²) in [7, 11) is 0. The standard InChI is InChI=1S/C13H10ClNO3/c1-8-7-9(14)4-5-10(8)18-11-3-2-6-15-12(11)13(16)17/h2-7H,1H3,(H,16,17). The normalized spacial score (nSPS) is 10.1. The van der Waals surface area contributed by atoms with E-state index in [1.807, 2.05) is 6.92 Å². The van der Waals surface area contributed by atoms with Crippen LogP contribution in [0.5, 0.6) is 11.5 Å². The molecule has 0 aliphatic rings. The third kappa shape index (κ3) is 2.60. The van der Waals surface area contributed by atoms with Gasteiger partial charge in [-0.15, -0.1) is 0 Å². The first-order chi connectivity index (χ1) is 8.58. The van der Waals surface area contributed by atoms with E-state index in [-0.39, 0.29) is 11.4 Å². The third-order valence-corrected chi connectivity index (χ3v) is 2.57. The Labute approximate surface area is 109 Å². The summed E-state index contributed by atoms with van der Waals surface area (Å²) in [5.41, 5.74) is 0.703. The molecule has 2 aromatic rings. The first-order valence-electron chi connectivity index (χ1n) is 5.20. The van der Waals surface area contributed by atoms with Crippen LogP contribution in [0.1, 0.15) is 16.1 Å². The summed E-state index contributed by atoms with van der Waals surface area (Å²) in [6, 6.07) is 8.29. The van der Waals surface area contributed by atoms with Gasteiger partial charge in [-0.25, -0.2) is 9.78 Å². The molecule has 1 aromatic heterocycles. The number of aryl methyl sites for hydroxylation is 1. The molecule has 1 N–H and O–H groups in total. The number of aromatic nitrogens is 1. The van der Waals surface area contributed by atoms with Gasteiger partial charge in [0, 0.05) is 11.2 Å². The molecular weight excluding hydrogens is 254 g/mol. The van der Waals surface area contributed by atoms with Gasteiger partial charge in [0.15, 0.2) is 11.4 Å². The molecule has 0 bridgehead atoms. The van der Waals surface area contributed by atoms with Crippen LogP contribution in [-0.4, -0.2) is 16.1 Å². The lowest BCUT2D eigenvalue weighted by Crippen LogP contribution is -2.03. The zero-order chi connectivity index (χ0) is 13.1. The summed E-state index contributed by atoms with van der Waals surface area (Å²) < 4.78 is 5.55. The van der Waals surface area contributed by atoms with Gasteiger partial charge < -0.3 is 9.84 Å². The van der Waals surface area contributed by atoms with Crippen molar-refractivity contribution < 1.29 is 14.6 Å². The molecule has 1 aromatic carbocycles.